The van der Waals surface area contributed by atoms with Gasteiger partial charge in [0, 0.05) is 25.6 Å². The van der Waals surface area contributed by atoms with Crippen LogP contribution in [-0.4, -0.2) is 35.6 Å². The normalized spacial score (nSPS) is 10.1. The molecule has 0 fully saturated rings. The van der Waals surface area contributed by atoms with E-state index in [1.807, 2.05) is 0 Å². The van der Waals surface area contributed by atoms with Crippen LogP contribution in [0.25, 0.3) is 0 Å². The summed E-state index contributed by atoms with van der Waals surface area (Å²) in [5.41, 5.74) is 5.65. The first-order valence-corrected chi connectivity index (χ1v) is 6.93. The number of esters is 1. The van der Waals surface area contributed by atoms with Gasteiger partial charge in [0.1, 0.15) is 11.6 Å². The molecule has 0 aromatic carbocycles. The van der Waals surface area contributed by atoms with Crippen LogP contribution in [0, 0.1) is 0 Å². The van der Waals surface area contributed by atoms with Crippen LogP contribution >= 0.6 is 0 Å². The summed E-state index contributed by atoms with van der Waals surface area (Å²) in [7, 11) is 0. The number of nitrogen functional groups attached to an aromatic ring is 1. The third-order valence-electron chi connectivity index (χ3n) is 2.47. The second-order valence-corrected chi connectivity index (χ2v) is 4.26. The molecular weight excluding hydrogens is 258 g/mol. The van der Waals surface area contributed by atoms with Crippen LogP contribution in [0.1, 0.15) is 33.1 Å². The highest BCUT2D eigenvalue weighted by Gasteiger charge is 2.03. The van der Waals surface area contributed by atoms with Crippen molar-refractivity contribution in [2.45, 2.75) is 33.1 Å². The molecule has 1 aromatic heterocycles. The maximum Gasteiger partial charge on any atom is 0.305 e. The van der Waals surface area contributed by atoms with E-state index in [1.165, 1.54) is 0 Å². The number of nitrogens with two attached hydrogens (primary N) is 1. The van der Waals surface area contributed by atoms with E-state index in [1.54, 1.807) is 13.0 Å². The van der Waals surface area contributed by atoms with E-state index >= 15 is 0 Å². The second kappa shape index (κ2) is 8.95. The molecule has 0 bridgehead atoms. The zero-order chi connectivity index (χ0) is 14.8. The molecule has 0 amide bonds. The number of nitrogens with zero attached hydrogens (tertiary/aromatic N) is 2. The molecule has 1 aromatic rings. The largest absolute Gasteiger partial charge is 0.466 e. The minimum absolute atomic E-state index is 0.179. The molecule has 7 nitrogen and oxygen atoms in total. The highest BCUT2D eigenvalue weighted by Crippen LogP contribution is 2.12. The molecular formula is C13H23N5O2. The quantitative estimate of drug-likeness (QED) is 0.467. The number of hydrogen-bond acceptors (Lipinski definition) is 7. The Balaban J connectivity index is 2.39. The van der Waals surface area contributed by atoms with Gasteiger partial charge in [-0.15, -0.1) is 0 Å². The zero-order valence-corrected chi connectivity index (χ0v) is 12.1. The van der Waals surface area contributed by atoms with Crippen molar-refractivity contribution < 1.29 is 9.53 Å². The van der Waals surface area contributed by atoms with E-state index in [9.17, 15) is 4.79 Å². The van der Waals surface area contributed by atoms with Gasteiger partial charge in [-0.25, -0.2) is 0 Å². The Kier molecular flexibility index (Phi) is 7.16. The van der Waals surface area contributed by atoms with E-state index in [0.717, 1.165) is 13.0 Å². The number of nitrogens with one attached hydrogen (secondary N) is 2. The van der Waals surface area contributed by atoms with E-state index in [2.05, 4.69) is 27.5 Å². The second-order valence-electron chi connectivity index (χ2n) is 4.26. The van der Waals surface area contributed by atoms with Crippen LogP contribution in [-0.2, 0) is 9.53 Å². The van der Waals surface area contributed by atoms with E-state index in [4.69, 9.17) is 10.5 Å². The number of rotatable bonds is 9. The minimum Gasteiger partial charge on any atom is -0.466 e. The van der Waals surface area contributed by atoms with Gasteiger partial charge in [-0.2, -0.15) is 9.97 Å². The van der Waals surface area contributed by atoms with Crippen LogP contribution < -0.4 is 16.4 Å². The number of carbonyl (C=O) groups is 1. The van der Waals surface area contributed by atoms with Crippen LogP contribution in [0.5, 0.6) is 0 Å². The Morgan fingerprint density at radius 2 is 1.90 bits per heavy atom. The van der Waals surface area contributed by atoms with Crippen LogP contribution in [0.15, 0.2) is 6.07 Å². The Labute approximate surface area is 119 Å². The van der Waals surface area contributed by atoms with E-state index < -0.39 is 0 Å². The lowest BCUT2D eigenvalue weighted by Gasteiger charge is -2.09. The first kappa shape index (κ1) is 16.0. The monoisotopic (exact) mass is 281 g/mol. The maximum atomic E-state index is 11.2. The fourth-order valence-electron chi connectivity index (χ4n) is 1.58. The molecule has 0 radical (unpaired) electrons. The van der Waals surface area contributed by atoms with Gasteiger partial charge >= 0.3 is 5.97 Å². The lowest BCUT2D eigenvalue weighted by Crippen LogP contribution is -2.11. The SMILES string of the molecule is CCCNc1cc(NCCCC(=O)OCC)nc(N)n1. The molecule has 0 aliphatic heterocycles. The van der Waals surface area contributed by atoms with Gasteiger partial charge in [0.15, 0.2) is 0 Å². The Morgan fingerprint density at radius 3 is 2.50 bits per heavy atom. The third kappa shape index (κ3) is 6.21. The van der Waals surface area contributed by atoms with Gasteiger partial charge in [-0.1, -0.05) is 6.92 Å². The van der Waals surface area contributed by atoms with Crippen molar-refractivity contribution in [1.82, 2.24) is 9.97 Å². The molecule has 1 rings (SSSR count). The van der Waals surface area contributed by atoms with Gasteiger partial charge < -0.3 is 21.1 Å². The summed E-state index contributed by atoms with van der Waals surface area (Å²) in [6.45, 7) is 5.75. The summed E-state index contributed by atoms with van der Waals surface area (Å²) in [5, 5.41) is 6.28. The van der Waals surface area contributed by atoms with Crippen LogP contribution in [0.4, 0.5) is 17.6 Å². The van der Waals surface area contributed by atoms with E-state index in [-0.39, 0.29) is 11.9 Å². The topological polar surface area (TPSA) is 102 Å². The number of aromatic nitrogens is 2. The Bertz CT molecular complexity index is 425. The predicted molar refractivity (Wildman–Crippen MR) is 79.6 cm³/mol. The van der Waals surface area contributed by atoms with Gasteiger partial charge in [-0.3, -0.25) is 4.79 Å². The van der Waals surface area contributed by atoms with E-state index in [0.29, 0.717) is 37.6 Å². The maximum absolute atomic E-state index is 11.2. The standard InChI is InChI=1S/C13H23N5O2/c1-3-7-15-10-9-11(18-13(14)17-10)16-8-5-6-12(19)20-4-2/h9H,3-8H2,1-2H3,(H4,14,15,16,17,18). The molecule has 0 aliphatic rings. The highest BCUT2D eigenvalue weighted by molar-refractivity contribution is 5.69. The number of hydrogen-bond donors (Lipinski definition) is 3. The lowest BCUT2D eigenvalue weighted by molar-refractivity contribution is -0.143. The smallest absolute Gasteiger partial charge is 0.305 e. The average Bonchev–Trinajstić information content (AvgIpc) is 2.41. The third-order valence-corrected chi connectivity index (χ3v) is 2.47. The van der Waals surface area contributed by atoms with Gasteiger partial charge in [0.05, 0.1) is 6.61 Å². The Morgan fingerprint density at radius 1 is 1.25 bits per heavy atom. The van der Waals surface area contributed by atoms with Gasteiger partial charge in [-0.05, 0) is 19.8 Å². The van der Waals surface area contributed by atoms with Crippen molar-refractivity contribution >= 4 is 23.6 Å². The lowest BCUT2D eigenvalue weighted by atomic mass is 10.3. The summed E-state index contributed by atoms with van der Waals surface area (Å²) in [5.74, 6) is 1.40. The Hall–Kier alpha value is -2.05. The fraction of sp³-hybridized carbons (Fsp3) is 0.615. The highest BCUT2D eigenvalue weighted by atomic mass is 16.5. The summed E-state index contributed by atoms with van der Waals surface area (Å²) >= 11 is 0. The van der Waals surface area contributed by atoms with Gasteiger partial charge in [0.2, 0.25) is 5.95 Å². The molecule has 20 heavy (non-hydrogen) atoms. The first-order chi connectivity index (χ1) is 9.65. The van der Waals surface area contributed by atoms with Crippen molar-refractivity contribution in [3.8, 4) is 0 Å². The van der Waals surface area contributed by atoms with Crippen LogP contribution in [0.3, 0.4) is 0 Å². The molecule has 0 atom stereocenters. The molecule has 0 spiro atoms. The van der Waals surface area contributed by atoms with Crippen molar-refractivity contribution in [3.63, 3.8) is 0 Å². The summed E-state index contributed by atoms with van der Waals surface area (Å²) in [6.07, 6.45) is 2.08. The summed E-state index contributed by atoms with van der Waals surface area (Å²) in [4.78, 5) is 19.4. The number of anilines is 3. The van der Waals surface area contributed by atoms with Crippen LogP contribution in [0.2, 0.25) is 0 Å². The zero-order valence-electron chi connectivity index (χ0n) is 12.1. The van der Waals surface area contributed by atoms with Crippen molar-refractivity contribution in [2.75, 3.05) is 36.1 Å². The molecule has 4 N–H and O–H groups in total. The summed E-state index contributed by atoms with van der Waals surface area (Å²) in [6, 6.07) is 1.80. The molecule has 1 heterocycles. The average molecular weight is 281 g/mol. The summed E-state index contributed by atoms with van der Waals surface area (Å²) < 4.78 is 4.85. The van der Waals surface area contributed by atoms with Gasteiger partial charge in [0.25, 0.3) is 0 Å². The molecule has 0 aliphatic carbocycles. The molecule has 0 saturated carbocycles. The predicted octanol–water partition coefficient (Wildman–Crippen LogP) is 1.64. The molecule has 0 unspecified atom stereocenters. The fourth-order valence-corrected chi connectivity index (χ4v) is 1.58. The van der Waals surface area contributed by atoms with Crippen molar-refractivity contribution in [3.05, 3.63) is 6.07 Å². The number of carbonyl (C=O) groups excluding carboxylic acids is 1. The molecule has 112 valence electrons. The van der Waals surface area contributed by atoms with Crippen molar-refractivity contribution in [2.24, 2.45) is 0 Å². The molecule has 7 heteroatoms. The van der Waals surface area contributed by atoms with Crippen molar-refractivity contribution in [1.29, 1.82) is 0 Å². The number of ether oxygens (including phenoxy) is 1. The molecule has 0 saturated heterocycles. The first-order valence-electron chi connectivity index (χ1n) is 6.93. The minimum atomic E-state index is -0.179.